The first-order valence-corrected chi connectivity index (χ1v) is 7.61. The van der Waals surface area contributed by atoms with Crippen LogP contribution in [-0.2, 0) is 0 Å². The fourth-order valence-corrected chi connectivity index (χ4v) is 3.73. The van der Waals surface area contributed by atoms with Gasteiger partial charge in [0.25, 0.3) is 5.78 Å². The molecule has 3 rings (SSSR count). The molecule has 116 valence electrons. The third-order valence-corrected chi connectivity index (χ3v) is 4.77. The zero-order valence-electron chi connectivity index (χ0n) is 13.0. The van der Waals surface area contributed by atoms with Gasteiger partial charge in [-0.1, -0.05) is 18.8 Å². The Morgan fingerprint density at radius 1 is 1.50 bits per heavy atom. The number of aliphatic hydroxyl groups is 1. The van der Waals surface area contributed by atoms with Crippen LogP contribution in [0.25, 0.3) is 5.78 Å². The third kappa shape index (κ3) is 2.22. The van der Waals surface area contributed by atoms with Crippen LogP contribution in [0.3, 0.4) is 0 Å². The molecular weight excluding hydrogens is 278 g/mol. The van der Waals surface area contributed by atoms with E-state index in [9.17, 15) is 5.11 Å². The minimum absolute atomic E-state index is 0.249. The Bertz CT molecular complexity index is 737. The fraction of sp³-hybridized carbons (Fsp3) is 0.562. The standard InChI is InChI=1S/C16H21N5O/c1-4-16(3,22)13(11-7-5-6-8-11)12-10(2)20-15-18-9-19-21(15)14(12)17/h1,9,11,13,22H,5-8,17H2,2-3H3. The first-order chi connectivity index (χ1) is 10.5. The van der Waals surface area contributed by atoms with Gasteiger partial charge in [0.1, 0.15) is 17.7 Å². The van der Waals surface area contributed by atoms with Crippen LogP contribution in [0, 0.1) is 25.2 Å². The fourth-order valence-electron chi connectivity index (χ4n) is 3.73. The normalized spacial score (nSPS) is 19.9. The van der Waals surface area contributed by atoms with Gasteiger partial charge in [0.15, 0.2) is 0 Å². The van der Waals surface area contributed by atoms with Crippen molar-refractivity contribution in [2.24, 2.45) is 5.92 Å². The Morgan fingerprint density at radius 2 is 2.18 bits per heavy atom. The Kier molecular flexibility index (Phi) is 3.53. The van der Waals surface area contributed by atoms with Crippen molar-refractivity contribution in [1.29, 1.82) is 0 Å². The summed E-state index contributed by atoms with van der Waals surface area (Å²) in [5, 5.41) is 14.9. The summed E-state index contributed by atoms with van der Waals surface area (Å²) < 4.78 is 1.51. The molecule has 1 aliphatic carbocycles. The summed E-state index contributed by atoms with van der Waals surface area (Å²) >= 11 is 0. The summed E-state index contributed by atoms with van der Waals surface area (Å²) in [6.07, 6.45) is 11.4. The van der Waals surface area contributed by atoms with Gasteiger partial charge in [-0.25, -0.2) is 4.98 Å². The monoisotopic (exact) mass is 299 g/mol. The van der Waals surface area contributed by atoms with E-state index in [2.05, 4.69) is 21.0 Å². The van der Waals surface area contributed by atoms with Crippen molar-refractivity contribution in [2.45, 2.75) is 51.0 Å². The maximum absolute atomic E-state index is 10.8. The number of rotatable bonds is 3. The van der Waals surface area contributed by atoms with Crippen LogP contribution in [0.5, 0.6) is 0 Å². The summed E-state index contributed by atoms with van der Waals surface area (Å²) in [6.45, 7) is 3.56. The summed E-state index contributed by atoms with van der Waals surface area (Å²) in [4.78, 5) is 8.54. The van der Waals surface area contributed by atoms with Gasteiger partial charge in [0.2, 0.25) is 0 Å². The van der Waals surface area contributed by atoms with Crippen LogP contribution in [0.15, 0.2) is 6.33 Å². The Hall–Kier alpha value is -2.13. The third-order valence-electron chi connectivity index (χ3n) is 4.77. The minimum atomic E-state index is -1.27. The van der Waals surface area contributed by atoms with Gasteiger partial charge < -0.3 is 10.8 Å². The van der Waals surface area contributed by atoms with Gasteiger partial charge in [-0.2, -0.15) is 14.6 Å². The van der Waals surface area contributed by atoms with Gasteiger partial charge >= 0.3 is 0 Å². The molecule has 6 nitrogen and oxygen atoms in total. The number of terminal acetylenes is 1. The molecule has 0 spiro atoms. The maximum atomic E-state index is 10.8. The van der Waals surface area contributed by atoms with E-state index in [4.69, 9.17) is 12.2 Å². The van der Waals surface area contributed by atoms with Crippen molar-refractivity contribution in [3.63, 3.8) is 0 Å². The van der Waals surface area contributed by atoms with Crippen molar-refractivity contribution in [1.82, 2.24) is 19.6 Å². The van der Waals surface area contributed by atoms with Gasteiger partial charge in [0, 0.05) is 17.2 Å². The predicted octanol–water partition coefficient (Wildman–Crippen LogP) is 1.67. The van der Waals surface area contributed by atoms with Crippen molar-refractivity contribution in [3.05, 3.63) is 17.6 Å². The highest BCUT2D eigenvalue weighted by atomic mass is 16.3. The number of hydrogen-bond donors (Lipinski definition) is 2. The predicted molar refractivity (Wildman–Crippen MR) is 84.1 cm³/mol. The molecule has 1 aliphatic rings. The van der Waals surface area contributed by atoms with Gasteiger partial charge in [0.05, 0.1) is 0 Å². The van der Waals surface area contributed by atoms with Crippen molar-refractivity contribution < 1.29 is 5.11 Å². The SMILES string of the molecule is C#CC(C)(O)C(c1c(C)nc2ncnn2c1N)C1CCCC1. The van der Waals surface area contributed by atoms with Crippen molar-refractivity contribution >= 4 is 11.6 Å². The molecule has 6 heteroatoms. The highest BCUT2D eigenvalue weighted by Gasteiger charge is 2.41. The van der Waals surface area contributed by atoms with E-state index in [0.29, 0.717) is 17.5 Å². The van der Waals surface area contributed by atoms with Crippen LogP contribution in [0.2, 0.25) is 0 Å². The second kappa shape index (κ2) is 5.25. The minimum Gasteiger partial charge on any atom is -0.383 e. The number of nitrogen functional groups attached to an aromatic ring is 1. The number of anilines is 1. The Balaban J connectivity index is 2.21. The molecule has 2 aromatic rings. The molecule has 22 heavy (non-hydrogen) atoms. The molecule has 2 unspecified atom stereocenters. The van der Waals surface area contributed by atoms with Crippen LogP contribution in [-0.4, -0.2) is 30.3 Å². The number of nitrogens with two attached hydrogens (primary N) is 1. The number of nitrogens with zero attached hydrogens (tertiary/aromatic N) is 4. The molecule has 1 fully saturated rings. The number of fused-ring (bicyclic) bond motifs is 1. The van der Waals surface area contributed by atoms with E-state index < -0.39 is 5.60 Å². The van der Waals surface area contributed by atoms with E-state index in [1.165, 1.54) is 10.8 Å². The zero-order chi connectivity index (χ0) is 15.9. The lowest BCUT2D eigenvalue weighted by molar-refractivity contribution is 0.0655. The summed E-state index contributed by atoms with van der Waals surface area (Å²) in [5.41, 5.74) is 6.60. The van der Waals surface area contributed by atoms with E-state index in [0.717, 1.165) is 36.9 Å². The first kappa shape index (κ1) is 14.8. The maximum Gasteiger partial charge on any atom is 0.254 e. The molecule has 1 saturated carbocycles. The quantitative estimate of drug-likeness (QED) is 0.842. The molecule has 0 aliphatic heterocycles. The van der Waals surface area contributed by atoms with Crippen molar-refractivity contribution in [2.75, 3.05) is 5.73 Å². The number of aromatic nitrogens is 4. The number of hydrogen-bond acceptors (Lipinski definition) is 5. The highest BCUT2D eigenvalue weighted by Crippen LogP contribution is 2.45. The Morgan fingerprint density at radius 3 is 2.82 bits per heavy atom. The molecule has 0 aromatic carbocycles. The van der Waals surface area contributed by atoms with Crippen LogP contribution >= 0.6 is 0 Å². The average Bonchev–Trinajstić information content (AvgIpc) is 3.13. The summed E-state index contributed by atoms with van der Waals surface area (Å²) in [5.74, 6) is 3.52. The second-order valence-electron chi connectivity index (χ2n) is 6.28. The lowest BCUT2D eigenvalue weighted by atomic mass is 9.73. The van der Waals surface area contributed by atoms with Gasteiger partial charge in [-0.15, -0.1) is 6.42 Å². The molecule has 0 amide bonds. The lowest BCUT2D eigenvalue weighted by Gasteiger charge is -2.34. The molecule has 0 saturated heterocycles. The second-order valence-corrected chi connectivity index (χ2v) is 6.28. The lowest BCUT2D eigenvalue weighted by Crippen LogP contribution is -2.37. The number of aryl methyl sites for hydroxylation is 1. The van der Waals surface area contributed by atoms with E-state index in [1.54, 1.807) is 6.92 Å². The molecule has 0 bridgehead atoms. The summed E-state index contributed by atoms with van der Waals surface area (Å²) in [7, 11) is 0. The molecule has 2 atom stereocenters. The van der Waals surface area contributed by atoms with Crippen LogP contribution < -0.4 is 5.73 Å². The topological polar surface area (TPSA) is 89.3 Å². The first-order valence-electron chi connectivity index (χ1n) is 7.61. The molecular formula is C16H21N5O. The van der Waals surface area contributed by atoms with Crippen LogP contribution in [0.4, 0.5) is 5.82 Å². The molecule has 2 heterocycles. The summed E-state index contributed by atoms with van der Waals surface area (Å²) in [6, 6.07) is 0. The Labute approximate surface area is 129 Å². The van der Waals surface area contributed by atoms with E-state index in [-0.39, 0.29) is 5.92 Å². The average molecular weight is 299 g/mol. The van der Waals surface area contributed by atoms with Crippen molar-refractivity contribution in [3.8, 4) is 12.3 Å². The molecule has 2 aromatic heterocycles. The highest BCUT2D eigenvalue weighted by molar-refractivity contribution is 5.52. The largest absolute Gasteiger partial charge is 0.383 e. The molecule has 0 radical (unpaired) electrons. The van der Waals surface area contributed by atoms with Gasteiger partial charge in [-0.3, -0.25) is 0 Å². The smallest absolute Gasteiger partial charge is 0.254 e. The van der Waals surface area contributed by atoms with E-state index in [1.807, 2.05) is 6.92 Å². The molecule has 3 N–H and O–H groups in total. The van der Waals surface area contributed by atoms with Gasteiger partial charge in [-0.05, 0) is 32.6 Å². The van der Waals surface area contributed by atoms with E-state index >= 15 is 0 Å². The zero-order valence-corrected chi connectivity index (χ0v) is 13.0. The van der Waals surface area contributed by atoms with Crippen LogP contribution in [0.1, 0.15) is 49.8 Å².